The van der Waals surface area contributed by atoms with E-state index in [2.05, 4.69) is 5.32 Å². The van der Waals surface area contributed by atoms with Crippen molar-refractivity contribution in [2.45, 2.75) is 19.5 Å². The molecule has 0 bridgehead atoms. The minimum absolute atomic E-state index is 0.0513. The van der Waals surface area contributed by atoms with Crippen LogP contribution in [0.3, 0.4) is 0 Å². The monoisotopic (exact) mass is 243 g/mol. The van der Waals surface area contributed by atoms with Gasteiger partial charge < -0.3 is 5.32 Å². The molecule has 1 aromatic carbocycles. The SMILES string of the molecule is C[C@H]1C[C@H]1C(=O)Nc1cccc(C(F)(F)F)c1. The molecule has 1 aliphatic rings. The summed E-state index contributed by atoms with van der Waals surface area (Å²) >= 11 is 0. The van der Waals surface area contributed by atoms with Crippen LogP contribution in [0.15, 0.2) is 24.3 Å². The van der Waals surface area contributed by atoms with E-state index in [4.69, 9.17) is 0 Å². The number of rotatable bonds is 2. The van der Waals surface area contributed by atoms with E-state index in [1.807, 2.05) is 6.92 Å². The summed E-state index contributed by atoms with van der Waals surface area (Å²) in [5.74, 6) is 0.0853. The van der Waals surface area contributed by atoms with E-state index in [9.17, 15) is 18.0 Å². The predicted octanol–water partition coefficient (Wildman–Crippen LogP) is 3.30. The zero-order chi connectivity index (χ0) is 12.6. The van der Waals surface area contributed by atoms with Gasteiger partial charge in [-0.05, 0) is 30.5 Å². The van der Waals surface area contributed by atoms with E-state index in [0.29, 0.717) is 5.92 Å². The molecule has 2 nitrogen and oxygen atoms in total. The van der Waals surface area contributed by atoms with Crippen molar-refractivity contribution in [3.63, 3.8) is 0 Å². The first-order valence-corrected chi connectivity index (χ1v) is 5.36. The lowest BCUT2D eigenvalue weighted by Gasteiger charge is -2.09. The van der Waals surface area contributed by atoms with Crippen LogP contribution in [0.1, 0.15) is 18.9 Å². The minimum Gasteiger partial charge on any atom is -0.326 e. The van der Waals surface area contributed by atoms with Crippen molar-refractivity contribution in [2.24, 2.45) is 11.8 Å². The molecule has 1 fully saturated rings. The highest BCUT2D eigenvalue weighted by Crippen LogP contribution is 2.38. The summed E-state index contributed by atoms with van der Waals surface area (Å²) < 4.78 is 37.3. The van der Waals surface area contributed by atoms with Crippen molar-refractivity contribution < 1.29 is 18.0 Å². The number of halogens is 3. The Bertz CT molecular complexity index is 442. The van der Waals surface area contributed by atoms with Gasteiger partial charge in [0.1, 0.15) is 0 Å². The Labute approximate surface area is 96.8 Å². The van der Waals surface area contributed by atoms with Crippen LogP contribution in [0.2, 0.25) is 0 Å². The Kier molecular flexibility index (Phi) is 2.85. The first-order valence-electron chi connectivity index (χ1n) is 5.36. The number of nitrogens with one attached hydrogen (secondary N) is 1. The summed E-state index contributed by atoms with van der Waals surface area (Å²) in [6, 6.07) is 4.68. The van der Waals surface area contributed by atoms with E-state index in [0.717, 1.165) is 18.6 Å². The summed E-state index contributed by atoms with van der Waals surface area (Å²) in [4.78, 5) is 11.6. The number of amides is 1. The van der Waals surface area contributed by atoms with Crippen LogP contribution in [0.4, 0.5) is 18.9 Å². The molecule has 5 heteroatoms. The Balaban J connectivity index is 2.09. The topological polar surface area (TPSA) is 29.1 Å². The Morgan fingerprint density at radius 2 is 2.06 bits per heavy atom. The van der Waals surface area contributed by atoms with Crippen LogP contribution >= 0.6 is 0 Å². The maximum Gasteiger partial charge on any atom is 0.416 e. The third-order valence-corrected chi connectivity index (χ3v) is 2.90. The standard InChI is InChI=1S/C12H12F3NO/c1-7-5-10(7)11(17)16-9-4-2-3-8(6-9)12(13,14)15/h2-4,6-7,10H,5H2,1H3,(H,16,17)/t7-,10+/m0/s1. The van der Waals surface area contributed by atoms with Gasteiger partial charge in [-0.15, -0.1) is 0 Å². The van der Waals surface area contributed by atoms with Gasteiger partial charge >= 0.3 is 6.18 Å². The average Bonchev–Trinajstić information content (AvgIpc) is 2.95. The van der Waals surface area contributed by atoms with Gasteiger partial charge in [0.05, 0.1) is 5.56 Å². The highest BCUT2D eigenvalue weighted by atomic mass is 19.4. The summed E-state index contributed by atoms with van der Waals surface area (Å²) in [7, 11) is 0. The third kappa shape index (κ3) is 2.78. The second-order valence-corrected chi connectivity index (χ2v) is 4.39. The molecule has 0 heterocycles. The normalized spacial score (nSPS) is 23.3. The molecule has 0 spiro atoms. The molecule has 0 aliphatic heterocycles. The van der Waals surface area contributed by atoms with Gasteiger partial charge in [0.15, 0.2) is 0 Å². The molecule has 1 saturated carbocycles. The number of alkyl halides is 3. The van der Waals surface area contributed by atoms with Crippen molar-refractivity contribution in [1.29, 1.82) is 0 Å². The second kappa shape index (κ2) is 4.05. The van der Waals surface area contributed by atoms with E-state index >= 15 is 0 Å². The lowest BCUT2D eigenvalue weighted by atomic mass is 10.2. The molecule has 1 N–H and O–H groups in total. The maximum atomic E-state index is 12.4. The quantitative estimate of drug-likeness (QED) is 0.848. The summed E-state index contributed by atoms with van der Waals surface area (Å²) in [5.41, 5.74) is -0.553. The zero-order valence-electron chi connectivity index (χ0n) is 9.21. The van der Waals surface area contributed by atoms with Crippen molar-refractivity contribution in [3.05, 3.63) is 29.8 Å². The number of hydrogen-bond acceptors (Lipinski definition) is 1. The number of carbonyl (C=O) groups excluding carboxylic acids is 1. The smallest absolute Gasteiger partial charge is 0.326 e. The van der Waals surface area contributed by atoms with Gasteiger partial charge in [-0.1, -0.05) is 13.0 Å². The van der Waals surface area contributed by atoms with Gasteiger partial charge in [-0.3, -0.25) is 4.79 Å². The predicted molar refractivity (Wildman–Crippen MR) is 57.3 cm³/mol. The third-order valence-electron chi connectivity index (χ3n) is 2.90. The van der Waals surface area contributed by atoms with Crippen LogP contribution in [0.5, 0.6) is 0 Å². The fraction of sp³-hybridized carbons (Fsp3) is 0.417. The van der Waals surface area contributed by atoms with Crippen molar-refractivity contribution in [2.75, 3.05) is 5.32 Å². The molecule has 0 unspecified atom stereocenters. The van der Waals surface area contributed by atoms with Crippen LogP contribution in [0, 0.1) is 11.8 Å². The largest absolute Gasteiger partial charge is 0.416 e. The lowest BCUT2D eigenvalue weighted by molar-refractivity contribution is -0.137. The first kappa shape index (κ1) is 12.0. The van der Waals surface area contributed by atoms with Crippen LogP contribution in [0.25, 0.3) is 0 Å². The van der Waals surface area contributed by atoms with Gasteiger partial charge in [0.25, 0.3) is 0 Å². The maximum absolute atomic E-state index is 12.4. The molecule has 0 radical (unpaired) electrons. The molecule has 1 aromatic rings. The van der Waals surface area contributed by atoms with Crippen molar-refractivity contribution in [3.8, 4) is 0 Å². The van der Waals surface area contributed by atoms with E-state index in [-0.39, 0.29) is 17.5 Å². The van der Waals surface area contributed by atoms with E-state index in [1.165, 1.54) is 12.1 Å². The van der Waals surface area contributed by atoms with Crippen LogP contribution in [-0.2, 0) is 11.0 Å². The minimum atomic E-state index is -4.38. The highest BCUT2D eigenvalue weighted by Gasteiger charge is 2.39. The summed E-state index contributed by atoms with van der Waals surface area (Å²) in [6.45, 7) is 1.94. The van der Waals surface area contributed by atoms with Crippen LogP contribution in [-0.4, -0.2) is 5.91 Å². The molecule has 92 valence electrons. The summed E-state index contributed by atoms with van der Waals surface area (Å²) in [5, 5.41) is 2.51. The molecule has 2 rings (SSSR count). The second-order valence-electron chi connectivity index (χ2n) is 4.39. The van der Waals surface area contributed by atoms with E-state index < -0.39 is 11.7 Å². The number of hydrogen-bond donors (Lipinski definition) is 1. The molecule has 0 aromatic heterocycles. The van der Waals surface area contributed by atoms with Gasteiger partial charge in [-0.2, -0.15) is 13.2 Å². The zero-order valence-corrected chi connectivity index (χ0v) is 9.21. The average molecular weight is 243 g/mol. The van der Waals surface area contributed by atoms with Gasteiger partial charge in [0.2, 0.25) is 5.91 Å². The molecule has 1 amide bonds. The van der Waals surface area contributed by atoms with Crippen molar-refractivity contribution in [1.82, 2.24) is 0 Å². The van der Waals surface area contributed by atoms with E-state index in [1.54, 1.807) is 0 Å². The molecule has 17 heavy (non-hydrogen) atoms. The lowest BCUT2D eigenvalue weighted by Crippen LogP contribution is -2.15. The molecule has 1 aliphatic carbocycles. The van der Waals surface area contributed by atoms with Gasteiger partial charge in [-0.25, -0.2) is 0 Å². The Morgan fingerprint density at radius 1 is 1.41 bits per heavy atom. The molecular weight excluding hydrogens is 231 g/mol. The molecule has 2 atom stereocenters. The Morgan fingerprint density at radius 3 is 2.59 bits per heavy atom. The fourth-order valence-corrected chi connectivity index (χ4v) is 1.70. The Hall–Kier alpha value is -1.52. The van der Waals surface area contributed by atoms with Crippen LogP contribution < -0.4 is 5.32 Å². The number of benzene rings is 1. The fourth-order valence-electron chi connectivity index (χ4n) is 1.70. The number of anilines is 1. The summed E-state index contributed by atoms with van der Waals surface area (Å²) in [6.07, 6.45) is -3.57. The highest BCUT2D eigenvalue weighted by molar-refractivity contribution is 5.94. The van der Waals surface area contributed by atoms with Gasteiger partial charge in [0, 0.05) is 11.6 Å². The molecular formula is C12H12F3NO. The van der Waals surface area contributed by atoms with Crippen molar-refractivity contribution >= 4 is 11.6 Å². The molecule has 0 saturated heterocycles. The number of carbonyl (C=O) groups is 1. The first-order chi connectivity index (χ1) is 7.88.